The van der Waals surface area contributed by atoms with Crippen molar-refractivity contribution < 1.29 is 9.32 Å². The minimum Gasteiger partial charge on any atom is -0.351 e. The summed E-state index contributed by atoms with van der Waals surface area (Å²) in [5.41, 5.74) is 0.814. The largest absolute Gasteiger partial charge is 0.351 e. The molecule has 0 bridgehead atoms. The number of amides is 1. The van der Waals surface area contributed by atoms with Gasteiger partial charge in [-0.1, -0.05) is 19.0 Å². The van der Waals surface area contributed by atoms with Gasteiger partial charge >= 0.3 is 0 Å². The van der Waals surface area contributed by atoms with Gasteiger partial charge in [0.25, 0.3) is 11.7 Å². The molecule has 3 aromatic heterocycles. The van der Waals surface area contributed by atoms with E-state index >= 15 is 0 Å². The number of nitrogens with zero attached hydrogens (tertiary/aromatic N) is 6. The van der Waals surface area contributed by atoms with Crippen molar-refractivity contribution in [3.63, 3.8) is 0 Å². The average molecular weight is 341 g/mol. The Kier molecular flexibility index (Phi) is 3.83. The van der Waals surface area contributed by atoms with E-state index in [1.165, 1.54) is 0 Å². The summed E-state index contributed by atoms with van der Waals surface area (Å²) in [4.78, 5) is 27.4. The van der Waals surface area contributed by atoms with E-state index < -0.39 is 0 Å². The minimum atomic E-state index is -0.311. The van der Waals surface area contributed by atoms with Crippen LogP contribution in [0.4, 0.5) is 5.82 Å². The molecule has 0 aliphatic carbocycles. The fourth-order valence-corrected chi connectivity index (χ4v) is 2.95. The summed E-state index contributed by atoms with van der Waals surface area (Å²) in [7, 11) is 0. The van der Waals surface area contributed by atoms with Gasteiger partial charge < -0.3 is 19.1 Å². The number of aromatic nitrogens is 5. The van der Waals surface area contributed by atoms with Crippen molar-refractivity contribution in [2.75, 3.05) is 18.0 Å². The second-order valence-corrected chi connectivity index (χ2v) is 6.42. The first-order chi connectivity index (χ1) is 12.1. The first kappa shape index (κ1) is 15.6. The maximum absolute atomic E-state index is 12.3. The van der Waals surface area contributed by atoms with Crippen LogP contribution < -0.4 is 10.2 Å². The number of fused-ring (bicyclic) bond motifs is 1. The van der Waals surface area contributed by atoms with Gasteiger partial charge in [-0.2, -0.15) is 4.98 Å². The lowest BCUT2D eigenvalue weighted by molar-refractivity contribution is 0.0927. The van der Waals surface area contributed by atoms with Gasteiger partial charge in [0.15, 0.2) is 11.5 Å². The molecule has 1 saturated heterocycles. The summed E-state index contributed by atoms with van der Waals surface area (Å²) in [6.45, 7) is 5.34. The Balaban J connectivity index is 1.44. The number of rotatable bonds is 4. The van der Waals surface area contributed by atoms with Crippen molar-refractivity contribution in [3.05, 3.63) is 36.5 Å². The zero-order valence-corrected chi connectivity index (χ0v) is 14.1. The SMILES string of the molecule is CC(C)c1nc(C(=O)NC2CCN(c3nccn4ccnc34)C2)no1. The van der Waals surface area contributed by atoms with E-state index in [9.17, 15) is 4.79 Å². The smallest absolute Gasteiger partial charge is 0.292 e. The molecular formula is C16H19N7O2. The summed E-state index contributed by atoms with van der Waals surface area (Å²) in [6.07, 6.45) is 8.08. The molecule has 1 atom stereocenters. The Labute approximate surface area is 144 Å². The van der Waals surface area contributed by atoms with Crippen LogP contribution in [-0.4, -0.2) is 49.5 Å². The van der Waals surface area contributed by atoms with Crippen LogP contribution in [0.2, 0.25) is 0 Å². The second kappa shape index (κ2) is 6.15. The quantitative estimate of drug-likeness (QED) is 0.762. The van der Waals surface area contributed by atoms with Crippen LogP contribution in [0, 0.1) is 0 Å². The van der Waals surface area contributed by atoms with Gasteiger partial charge in [0.2, 0.25) is 5.89 Å². The third kappa shape index (κ3) is 2.92. The molecule has 1 unspecified atom stereocenters. The fourth-order valence-electron chi connectivity index (χ4n) is 2.95. The van der Waals surface area contributed by atoms with Gasteiger partial charge in [-0.3, -0.25) is 4.79 Å². The monoisotopic (exact) mass is 341 g/mol. The Morgan fingerprint density at radius 3 is 2.88 bits per heavy atom. The molecular weight excluding hydrogens is 322 g/mol. The Hall–Kier alpha value is -2.97. The molecule has 0 saturated carbocycles. The highest BCUT2D eigenvalue weighted by Gasteiger charge is 2.28. The van der Waals surface area contributed by atoms with E-state index in [-0.39, 0.29) is 23.7 Å². The molecule has 9 heteroatoms. The third-order valence-electron chi connectivity index (χ3n) is 4.25. The lowest BCUT2D eigenvalue weighted by Gasteiger charge is -2.18. The standard InChI is InChI=1S/C16H19N7O2/c1-10(2)16-20-12(21-25-16)15(24)19-11-3-6-23(9-11)14-13-17-4-7-22(13)8-5-18-14/h4-5,7-8,10-11H,3,6,9H2,1-2H3,(H,19,24). The highest BCUT2D eigenvalue weighted by atomic mass is 16.5. The molecule has 4 rings (SSSR count). The van der Waals surface area contributed by atoms with Crippen molar-refractivity contribution in [2.45, 2.75) is 32.2 Å². The van der Waals surface area contributed by atoms with Crippen molar-refractivity contribution >= 4 is 17.4 Å². The maximum Gasteiger partial charge on any atom is 0.292 e. The molecule has 130 valence electrons. The fraction of sp³-hybridized carbons (Fsp3) is 0.438. The number of hydrogen-bond donors (Lipinski definition) is 1. The van der Waals surface area contributed by atoms with Crippen LogP contribution in [0.5, 0.6) is 0 Å². The Morgan fingerprint density at radius 1 is 1.32 bits per heavy atom. The zero-order valence-electron chi connectivity index (χ0n) is 14.1. The predicted octanol–water partition coefficient (Wildman–Crippen LogP) is 1.24. The molecule has 0 spiro atoms. The summed E-state index contributed by atoms with van der Waals surface area (Å²) in [5, 5.41) is 6.72. The first-order valence-corrected chi connectivity index (χ1v) is 8.29. The molecule has 1 N–H and O–H groups in total. The number of carbonyl (C=O) groups excluding carboxylic acids is 1. The number of hydrogen-bond acceptors (Lipinski definition) is 7. The Bertz CT molecular complexity index is 901. The zero-order chi connectivity index (χ0) is 17.4. The van der Waals surface area contributed by atoms with Crippen LogP contribution in [0.15, 0.2) is 29.3 Å². The van der Waals surface area contributed by atoms with Crippen molar-refractivity contribution in [2.24, 2.45) is 0 Å². The first-order valence-electron chi connectivity index (χ1n) is 8.29. The lowest BCUT2D eigenvalue weighted by Crippen LogP contribution is -2.37. The molecule has 1 amide bonds. The van der Waals surface area contributed by atoms with Crippen molar-refractivity contribution in [3.8, 4) is 0 Å². The van der Waals surface area contributed by atoms with Gasteiger partial charge in [-0.25, -0.2) is 9.97 Å². The minimum absolute atomic E-state index is 0.00511. The normalized spacial score (nSPS) is 17.6. The number of carbonyl (C=O) groups is 1. The van der Waals surface area contributed by atoms with Gasteiger partial charge in [-0.15, -0.1) is 0 Å². The molecule has 4 heterocycles. The van der Waals surface area contributed by atoms with Crippen molar-refractivity contribution in [1.29, 1.82) is 0 Å². The van der Waals surface area contributed by atoms with Crippen molar-refractivity contribution in [1.82, 2.24) is 29.8 Å². The van der Waals surface area contributed by atoms with Crippen LogP contribution in [0.25, 0.3) is 5.65 Å². The summed E-state index contributed by atoms with van der Waals surface area (Å²) >= 11 is 0. The van der Waals surface area contributed by atoms with E-state index in [1.54, 1.807) is 12.4 Å². The molecule has 0 aromatic carbocycles. The van der Waals surface area contributed by atoms with E-state index in [4.69, 9.17) is 4.52 Å². The number of anilines is 1. The van der Waals surface area contributed by atoms with Crippen LogP contribution in [0.1, 0.15) is 42.7 Å². The predicted molar refractivity (Wildman–Crippen MR) is 89.5 cm³/mol. The maximum atomic E-state index is 12.3. The number of imidazole rings is 1. The second-order valence-electron chi connectivity index (χ2n) is 6.42. The van der Waals surface area contributed by atoms with Crippen LogP contribution in [-0.2, 0) is 0 Å². The average Bonchev–Trinajstić information content (AvgIpc) is 3.34. The summed E-state index contributed by atoms with van der Waals surface area (Å²) in [6, 6.07) is 0.00511. The molecule has 25 heavy (non-hydrogen) atoms. The Morgan fingerprint density at radius 2 is 2.12 bits per heavy atom. The molecule has 1 aliphatic rings. The molecule has 1 fully saturated rings. The molecule has 1 aliphatic heterocycles. The van der Waals surface area contributed by atoms with Gasteiger partial charge in [-0.05, 0) is 6.42 Å². The summed E-state index contributed by atoms with van der Waals surface area (Å²) < 4.78 is 7.02. The number of nitrogens with one attached hydrogen (secondary N) is 1. The van der Waals surface area contributed by atoms with Gasteiger partial charge in [0, 0.05) is 49.8 Å². The molecule has 0 radical (unpaired) electrons. The van der Waals surface area contributed by atoms with E-state index in [2.05, 4.69) is 30.3 Å². The van der Waals surface area contributed by atoms with E-state index in [1.807, 2.05) is 30.6 Å². The molecule has 9 nitrogen and oxygen atoms in total. The third-order valence-corrected chi connectivity index (χ3v) is 4.25. The topological polar surface area (TPSA) is 101 Å². The van der Waals surface area contributed by atoms with Gasteiger partial charge in [0.1, 0.15) is 0 Å². The molecule has 3 aromatic rings. The summed E-state index contributed by atoms with van der Waals surface area (Å²) in [5.74, 6) is 1.15. The van der Waals surface area contributed by atoms with Gasteiger partial charge in [0.05, 0.1) is 0 Å². The van der Waals surface area contributed by atoms with Crippen LogP contribution in [0.3, 0.4) is 0 Å². The van der Waals surface area contributed by atoms with Crippen LogP contribution >= 0.6 is 0 Å². The van der Waals surface area contributed by atoms with E-state index in [0.29, 0.717) is 12.4 Å². The highest BCUT2D eigenvalue weighted by molar-refractivity contribution is 5.90. The highest BCUT2D eigenvalue weighted by Crippen LogP contribution is 2.22. The van der Waals surface area contributed by atoms with E-state index in [0.717, 1.165) is 24.4 Å². The lowest BCUT2D eigenvalue weighted by atomic mass is 10.2.